The van der Waals surface area contributed by atoms with Gasteiger partial charge in [-0.25, -0.2) is 24.4 Å². The summed E-state index contributed by atoms with van der Waals surface area (Å²) in [5.74, 6) is -3.12. The molecule has 0 amide bonds. The smallest absolute Gasteiger partial charge is 0.335 e. The number of carboxylic acids is 3. The van der Waals surface area contributed by atoms with Crippen LogP contribution in [-0.4, -0.2) is 53.2 Å². The maximum absolute atomic E-state index is 12.0. The van der Waals surface area contributed by atoms with Crippen LogP contribution in [0.3, 0.4) is 0 Å². The highest BCUT2D eigenvalue weighted by Gasteiger charge is 2.21. The lowest BCUT2D eigenvalue weighted by atomic mass is 10.0. The molecule has 8 bridgehead atoms. The van der Waals surface area contributed by atoms with Crippen molar-refractivity contribution in [3.05, 3.63) is 221 Å². The number of para-hydroxylation sites is 2. The van der Waals surface area contributed by atoms with Crippen LogP contribution in [0.2, 0.25) is 0 Å². The van der Waals surface area contributed by atoms with Crippen molar-refractivity contribution in [1.29, 1.82) is 0 Å². The predicted octanol–water partition coefficient (Wildman–Crippen LogP) is 13.9. The number of carbonyl (C=O) groups is 3. The maximum atomic E-state index is 12.0. The molecule has 3 aromatic heterocycles. The zero-order chi connectivity index (χ0) is 47.9. The van der Waals surface area contributed by atoms with Crippen molar-refractivity contribution in [2.24, 2.45) is 0 Å². The Bertz CT molecular complexity index is 3670. The van der Waals surface area contributed by atoms with Crippen molar-refractivity contribution in [3.63, 3.8) is 0 Å². The number of benzene rings is 6. The fourth-order valence-corrected chi connectivity index (χ4v) is 9.14. The fourth-order valence-electron chi connectivity index (χ4n) is 9.14. The summed E-state index contributed by atoms with van der Waals surface area (Å²) in [6.07, 6.45) is 7.77. The van der Waals surface area contributed by atoms with Crippen LogP contribution in [-0.2, 0) is 0 Å². The van der Waals surface area contributed by atoms with Gasteiger partial charge in [-0.15, -0.1) is 0 Å². The van der Waals surface area contributed by atoms with E-state index in [0.717, 1.165) is 61.5 Å². The van der Waals surface area contributed by atoms with E-state index in [9.17, 15) is 29.7 Å². The first-order chi connectivity index (χ1) is 34.2. The number of aromatic amines is 2. The fraction of sp³-hybridized carbons (Fsp3) is 0. The van der Waals surface area contributed by atoms with Crippen LogP contribution in [0, 0.1) is 0 Å². The van der Waals surface area contributed by atoms with E-state index in [1.165, 1.54) is 0 Å². The first kappa shape index (κ1) is 42.7. The number of carboxylic acid groups (broad SMARTS) is 3. The van der Waals surface area contributed by atoms with E-state index in [1.54, 1.807) is 72.8 Å². The Morgan fingerprint density at radius 3 is 0.857 bits per heavy atom. The summed E-state index contributed by atoms with van der Waals surface area (Å²) in [6.45, 7) is 0. The zero-order valence-electron chi connectivity index (χ0n) is 37.0. The Morgan fingerprint density at radius 2 is 0.586 bits per heavy atom. The average molecular weight is 914 g/mol. The van der Waals surface area contributed by atoms with Crippen molar-refractivity contribution in [2.45, 2.75) is 0 Å². The van der Waals surface area contributed by atoms with E-state index < -0.39 is 17.9 Å². The minimum atomic E-state index is -1.05. The minimum absolute atomic E-state index is 0.135. The Kier molecular flexibility index (Phi) is 10.8. The molecule has 2 aliphatic rings. The molecule has 0 atom stereocenters. The lowest BCUT2D eigenvalue weighted by Crippen LogP contribution is -2.09. The third kappa shape index (κ3) is 7.99. The third-order valence-electron chi connectivity index (χ3n) is 12.5. The normalized spacial score (nSPS) is 11.7. The Labute approximate surface area is 400 Å². The predicted molar refractivity (Wildman–Crippen MR) is 276 cm³/mol. The second-order valence-electron chi connectivity index (χ2n) is 16.7. The molecule has 0 saturated carbocycles. The van der Waals surface area contributed by atoms with Crippen molar-refractivity contribution in [3.8, 4) is 44.5 Å². The maximum Gasteiger partial charge on any atom is 0.335 e. The molecule has 0 aliphatic carbocycles. The van der Waals surface area contributed by atoms with Gasteiger partial charge in [0.1, 0.15) is 0 Å². The van der Waals surface area contributed by atoms with Crippen molar-refractivity contribution in [2.75, 3.05) is 4.90 Å². The lowest BCUT2D eigenvalue weighted by Gasteiger charge is -2.25. The molecular formula is C59H39N5O6. The molecule has 0 fully saturated rings. The summed E-state index contributed by atoms with van der Waals surface area (Å²) in [6, 6.07) is 56.7. The van der Waals surface area contributed by atoms with Gasteiger partial charge in [-0.3, -0.25) is 0 Å². The molecular weight excluding hydrogens is 875 g/mol. The van der Waals surface area contributed by atoms with E-state index in [2.05, 4.69) is 63.4 Å². The van der Waals surface area contributed by atoms with Gasteiger partial charge in [0, 0.05) is 61.4 Å². The summed E-state index contributed by atoms with van der Waals surface area (Å²) in [5.41, 5.74) is 14.8. The van der Waals surface area contributed by atoms with Gasteiger partial charge < -0.3 is 30.2 Å². The molecule has 70 heavy (non-hydrogen) atoms. The summed E-state index contributed by atoms with van der Waals surface area (Å²) in [5, 5.41) is 29.4. The number of H-pyrrole nitrogens is 2. The molecule has 0 unspecified atom stereocenters. The average Bonchev–Trinajstić information content (AvgIpc) is 4.25. The summed E-state index contributed by atoms with van der Waals surface area (Å²) < 4.78 is 0. The van der Waals surface area contributed by atoms with Gasteiger partial charge in [0.05, 0.1) is 39.5 Å². The molecule has 336 valence electrons. The summed E-state index contributed by atoms with van der Waals surface area (Å²) >= 11 is 0. The van der Waals surface area contributed by atoms with E-state index in [0.29, 0.717) is 44.9 Å². The number of anilines is 3. The van der Waals surface area contributed by atoms with Gasteiger partial charge >= 0.3 is 17.9 Å². The van der Waals surface area contributed by atoms with Crippen molar-refractivity contribution < 1.29 is 29.7 Å². The number of aromatic nitrogens is 4. The third-order valence-corrected chi connectivity index (χ3v) is 12.5. The molecule has 0 saturated heterocycles. The standard InChI is InChI=1S/C59H39N5O6/c65-57(66)39-17-11-35(12-18-39)53-45-27-29-47(60-45)54(36-13-19-40(20-14-36)58(67)68)49-31-33-51(62-49)56(38-23-25-44(26-24-38)64(42-7-3-1-4-8-42)43-9-5-2-6-10-43)52-34-32-50(63-52)55(48-30-28-46(53)61-48)37-15-21-41(22-16-37)59(69)70/h1-34,60,63H,(H,65,66)(H,67,68)(H,69,70). The number of rotatable bonds is 10. The van der Waals surface area contributed by atoms with Crippen molar-refractivity contribution >= 4 is 81.3 Å². The first-order valence-corrected chi connectivity index (χ1v) is 22.3. The molecule has 11 rings (SSSR count). The van der Waals surface area contributed by atoms with Gasteiger partial charge in [-0.2, -0.15) is 0 Å². The summed E-state index contributed by atoms with van der Waals surface area (Å²) in [4.78, 5) is 56.2. The van der Waals surface area contributed by atoms with Crippen LogP contribution in [0.25, 0.3) is 90.9 Å². The van der Waals surface area contributed by atoms with Crippen LogP contribution in [0.15, 0.2) is 182 Å². The number of hydrogen-bond donors (Lipinski definition) is 5. The van der Waals surface area contributed by atoms with Crippen LogP contribution >= 0.6 is 0 Å². The number of aromatic carboxylic acids is 3. The number of nitrogens with one attached hydrogen (secondary N) is 2. The van der Waals surface area contributed by atoms with E-state index >= 15 is 0 Å². The van der Waals surface area contributed by atoms with E-state index in [1.807, 2.05) is 85.0 Å². The molecule has 6 aromatic carbocycles. The molecule has 2 aliphatic heterocycles. The van der Waals surface area contributed by atoms with E-state index in [-0.39, 0.29) is 16.7 Å². The number of fused-ring (bicyclic) bond motifs is 8. The van der Waals surface area contributed by atoms with Gasteiger partial charge in [0.25, 0.3) is 0 Å². The second-order valence-corrected chi connectivity index (χ2v) is 16.7. The molecule has 0 spiro atoms. The van der Waals surface area contributed by atoms with E-state index in [4.69, 9.17) is 9.97 Å². The highest BCUT2D eigenvalue weighted by Crippen LogP contribution is 2.40. The monoisotopic (exact) mass is 913 g/mol. The van der Waals surface area contributed by atoms with Gasteiger partial charge in [-0.05, 0) is 144 Å². The van der Waals surface area contributed by atoms with Crippen LogP contribution in [0.4, 0.5) is 17.1 Å². The van der Waals surface area contributed by atoms with Crippen LogP contribution in [0.5, 0.6) is 0 Å². The molecule has 5 heterocycles. The lowest BCUT2D eigenvalue weighted by molar-refractivity contribution is 0.0686. The minimum Gasteiger partial charge on any atom is -0.478 e. The Hall–Kier alpha value is -9.87. The molecule has 9 aromatic rings. The SMILES string of the molecule is O=C(O)c1ccc(-c2c3nc(c(-c4ccc(C(=O)O)cc4)c4ccc([nH]4)c(-c4ccc(N(c5ccccc5)c5ccccc5)cc4)c4nc(c(-c5ccc(C(=O)O)cc5)c5ccc2[nH]5)C=C4)C=C3)cc1. The quantitative estimate of drug-likeness (QED) is 0.0895. The van der Waals surface area contributed by atoms with Gasteiger partial charge in [0.2, 0.25) is 0 Å². The molecule has 5 N–H and O–H groups in total. The number of hydrogen-bond acceptors (Lipinski definition) is 6. The summed E-state index contributed by atoms with van der Waals surface area (Å²) in [7, 11) is 0. The van der Waals surface area contributed by atoms with Gasteiger partial charge in [-0.1, -0.05) is 84.9 Å². The highest BCUT2D eigenvalue weighted by molar-refractivity contribution is 6.01. The van der Waals surface area contributed by atoms with Crippen LogP contribution < -0.4 is 4.90 Å². The Morgan fingerprint density at radius 1 is 0.329 bits per heavy atom. The number of nitrogens with zero attached hydrogens (tertiary/aromatic N) is 3. The largest absolute Gasteiger partial charge is 0.478 e. The first-order valence-electron chi connectivity index (χ1n) is 22.3. The molecule has 11 nitrogen and oxygen atoms in total. The topological polar surface area (TPSA) is 172 Å². The molecule has 11 heteroatoms. The molecule has 0 radical (unpaired) electrons. The highest BCUT2D eigenvalue weighted by atomic mass is 16.4. The Balaban J connectivity index is 1.22. The van der Waals surface area contributed by atoms with Gasteiger partial charge in [0.15, 0.2) is 0 Å². The van der Waals surface area contributed by atoms with Crippen LogP contribution in [0.1, 0.15) is 53.8 Å². The van der Waals surface area contributed by atoms with Crippen molar-refractivity contribution in [1.82, 2.24) is 19.9 Å². The second kappa shape index (κ2) is 17.7. The zero-order valence-corrected chi connectivity index (χ0v) is 37.0.